The van der Waals surface area contributed by atoms with Gasteiger partial charge < -0.3 is 19.7 Å². The number of aromatic nitrogens is 1. The minimum absolute atomic E-state index is 0.00607. The Kier molecular flexibility index (Phi) is 6.07. The molecule has 0 aliphatic carbocycles. The summed E-state index contributed by atoms with van der Waals surface area (Å²) in [5, 5.41) is 3.53. The van der Waals surface area contributed by atoms with E-state index in [4.69, 9.17) is 9.47 Å². The second-order valence-electron chi connectivity index (χ2n) is 7.74. The summed E-state index contributed by atoms with van der Waals surface area (Å²) in [4.78, 5) is 18.6. The maximum Gasteiger partial charge on any atom is 0.337 e. The number of pyridine rings is 1. The molecule has 0 saturated heterocycles. The number of aryl methyl sites for hydroxylation is 1. The number of methoxy groups -OCH3 is 1. The zero-order valence-electron chi connectivity index (χ0n) is 18.1. The zero-order valence-corrected chi connectivity index (χ0v) is 18.1. The number of carbonyl (C=O) groups is 1. The van der Waals surface area contributed by atoms with Gasteiger partial charge in [-0.15, -0.1) is 0 Å². The molecule has 0 radical (unpaired) electrons. The lowest BCUT2D eigenvalue weighted by molar-refractivity contribution is 0.0600. The number of hydrogen-bond donors (Lipinski definition) is 1. The van der Waals surface area contributed by atoms with Gasteiger partial charge in [0.05, 0.1) is 25.3 Å². The minimum atomic E-state index is -0.338. The van der Waals surface area contributed by atoms with Crippen LogP contribution in [-0.2, 0) is 11.3 Å². The Labute approximate surface area is 182 Å². The van der Waals surface area contributed by atoms with Gasteiger partial charge in [-0.05, 0) is 37.1 Å². The summed E-state index contributed by atoms with van der Waals surface area (Å²) in [6.45, 7) is 6.41. The summed E-state index contributed by atoms with van der Waals surface area (Å²) >= 11 is 0. The fraction of sp³-hybridized carbons (Fsp3) is 0.280. The molecule has 0 saturated carbocycles. The third kappa shape index (κ3) is 4.63. The van der Waals surface area contributed by atoms with Crippen LogP contribution >= 0.6 is 0 Å². The van der Waals surface area contributed by atoms with Gasteiger partial charge in [0, 0.05) is 18.8 Å². The highest BCUT2D eigenvalue weighted by atomic mass is 16.5. The first-order valence-corrected chi connectivity index (χ1v) is 10.4. The Morgan fingerprint density at radius 2 is 2.03 bits per heavy atom. The summed E-state index contributed by atoms with van der Waals surface area (Å²) in [6, 6.07) is 17.9. The lowest BCUT2D eigenvalue weighted by Crippen LogP contribution is -2.33. The quantitative estimate of drug-likeness (QED) is 0.584. The maximum absolute atomic E-state index is 11.7. The Morgan fingerprint density at radius 1 is 1.23 bits per heavy atom. The second kappa shape index (κ2) is 9.08. The lowest BCUT2D eigenvalue weighted by atomic mass is 10.1. The van der Waals surface area contributed by atoms with Crippen molar-refractivity contribution in [2.45, 2.75) is 26.4 Å². The van der Waals surface area contributed by atoms with Crippen LogP contribution in [0.4, 0.5) is 11.5 Å². The Morgan fingerprint density at radius 3 is 2.77 bits per heavy atom. The van der Waals surface area contributed by atoms with Crippen LogP contribution in [-0.4, -0.2) is 31.2 Å². The van der Waals surface area contributed by atoms with Crippen LogP contribution in [0.25, 0.3) is 0 Å². The summed E-state index contributed by atoms with van der Waals surface area (Å²) in [5.74, 6) is 1.29. The topological polar surface area (TPSA) is 63.7 Å². The smallest absolute Gasteiger partial charge is 0.337 e. The fourth-order valence-electron chi connectivity index (χ4n) is 3.84. The van der Waals surface area contributed by atoms with Gasteiger partial charge in [0.1, 0.15) is 18.0 Å². The van der Waals surface area contributed by atoms with Crippen molar-refractivity contribution in [2.24, 2.45) is 0 Å². The number of nitrogens with one attached hydrogen (secondary N) is 1. The molecule has 2 heterocycles. The monoisotopic (exact) mass is 417 g/mol. The van der Waals surface area contributed by atoms with Crippen molar-refractivity contribution < 1.29 is 14.3 Å². The van der Waals surface area contributed by atoms with Crippen LogP contribution in [0.15, 0.2) is 60.8 Å². The third-order valence-electron chi connectivity index (χ3n) is 5.46. The molecule has 0 amide bonds. The van der Waals surface area contributed by atoms with E-state index >= 15 is 0 Å². The molecule has 0 fully saturated rings. The molecule has 1 aromatic heterocycles. The lowest BCUT2D eigenvalue weighted by Gasteiger charge is -2.33. The van der Waals surface area contributed by atoms with Gasteiger partial charge in [-0.1, -0.05) is 42.0 Å². The van der Waals surface area contributed by atoms with Crippen molar-refractivity contribution in [1.29, 1.82) is 0 Å². The first-order valence-electron chi connectivity index (χ1n) is 10.4. The van der Waals surface area contributed by atoms with Crippen molar-refractivity contribution >= 4 is 17.5 Å². The van der Waals surface area contributed by atoms with Gasteiger partial charge in [-0.3, -0.25) is 0 Å². The van der Waals surface area contributed by atoms with E-state index in [1.807, 2.05) is 18.2 Å². The molecule has 4 rings (SSSR count). The molecule has 1 aliphatic rings. The summed E-state index contributed by atoms with van der Waals surface area (Å²) in [5.41, 5.74) is 5.07. The molecule has 0 unspecified atom stereocenters. The average Bonchev–Trinajstić information content (AvgIpc) is 2.79. The SMILES string of the molecule is COC(=O)c1ccc([C@H](C)Nc2nccc3c2N(Cc2cccc(C)c2)CCO3)cc1. The predicted octanol–water partition coefficient (Wildman–Crippen LogP) is 4.75. The first-order chi connectivity index (χ1) is 15.0. The van der Waals surface area contributed by atoms with Crippen molar-refractivity contribution in [3.63, 3.8) is 0 Å². The standard InChI is InChI=1S/C25H27N3O3/c1-17-5-4-6-19(15-17)16-28-13-14-31-22-11-12-26-24(23(22)28)27-18(2)20-7-9-21(10-8-20)25(29)30-3/h4-12,15,18H,13-14,16H2,1-3H3,(H,26,27)/t18-/m0/s1. The van der Waals surface area contributed by atoms with Crippen LogP contribution in [0.1, 0.15) is 40.0 Å². The number of hydrogen-bond acceptors (Lipinski definition) is 6. The van der Waals surface area contributed by atoms with Gasteiger partial charge in [-0.25, -0.2) is 9.78 Å². The molecule has 160 valence electrons. The van der Waals surface area contributed by atoms with E-state index in [2.05, 4.69) is 53.3 Å². The van der Waals surface area contributed by atoms with Crippen LogP contribution in [0.2, 0.25) is 0 Å². The first kappa shape index (κ1) is 20.7. The molecular weight excluding hydrogens is 390 g/mol. The van der Waals surface area contributed by atoms with Crippen LogP contribution < -0.4 is 15.0 Å². The number of fused-ring (bicyclic) bond motifs is 1. The Balaban J connectivity index is 1.57. The molecule has 3 aromatic rings. The number of rotatable bonds is 6. The molecule has 0 spiro atoms. The number of ether oxygens (including phenoxy) is 2. The van der Waals surface area contributed by atoms with Gasteiger partial charge >= 0.3 is 5.97 Å². The largest absolute Gasteiger partial charge is 0.489 e. The van der Waals surface area contributed by atoms with E-state index in [1.54, 1.807) is 18.3 Å². The predicted molar refractivity (Wildman–Crippen MR) is 122 cm³/mol. The van der Waals surface area contributed by atoms with Gasteiger partial charge in [0.2, 0.25) is 0 Å². The fourth-order valence-corrected chi connectivity index (χ4v) is 3.84. The van der Waals surface area contributed by atoms with Crippen molar-refractivity contribution in [1.82, 2.24) is 4.98 Å². The van der Waals surface area contributed by atoms with Gasteiger partial charge in [0.15, 0.2) is 5.82 Å². The molecule has 1 aliphatic heterocycles. The summed E-state index contributed by atoms with van der Waals surface area (Å²) in [6.07, 6.45) is 1.77. The molecule has 6 nitrogen and oxygen atoms in total. The van der Waals surface area contributed by atoms with Crippen LogP contribution in [0, 0.1) is 6.92 Å². The van der Waals surface area contributed by atoms with E-state index in [-0.39, 0.29) is 12.0 Å². The van der Waals surface area contributed by atoms with E-state index in [0.29, 0.717) is 12.2 Å². The van der Waals surface area contributed by atoms with Crippen molar-refractivity contribution in [3.8, 4) is 5.75 Å². The maximum atomic E-state index is 11.7. The molecule has 6 heteroatoms. The molecule has 0 bridgehead atoms. The van der Waals surface area contributed by atoms with Crippen LogP contribution in [0.3, 0.4) is 0 Å². The number of anilines is 2. The Bertz CT molecular complexity index is 1070. The number of carbonyl (C=O) groups excluding carboxylic acids is 1. The van der Waals surface area contributed by atoms with Crippen LogP contribution in [0.5, 0.6) is 5.75 Å². The summed E-state index contributed by atoms with van der Waals surface area (Å²) < 4.78 is 10.7. The highest BCUT2D eigenvalue weighted by Crippen LogP contribution is 2.39. The van der Waals surface area contributed by atoms with E-state index in [9.17, 15) is 4.79 Å². The van der Waals surface area contributed by atoms with Gasteiger partial charge in [-0.2, -0.15) is 0 Å². The number of benzene rings is 2. The zero-order chi connectivity index (χ0) is 21.8. The molecule has 1 N–H and O–H groups in total. The number of esters is 1. The Hall–Kier alpha value is -3.54. The highest BCUT2D eigenvalue weighted by Gasteiger charge is 2.24. The van der Waals surface area contributed by atoms with E-state index in [1.165, 1.54) is 18.2 Å². The molecule has 31 heavy (non-hydrogen) atoms. The van der Waals surface area contributed by atoms with Gasteiger partial charge in [0.25, 0.3) is 0 Å². The summed E-state index contributed by atoms with van der Waals surface area (Å²) in [7, 11) is 1.38. The van der Waals surface area contributed by atoms with E-state index in [0.717, 1.165) is 35.9 Å². The van der Waals surface area contributed by atoms with E-state index < -0.39 is 0 Å². The number of nitrogens with zero attached hydrogens (tertiary/aromatic N) is 2. The third-order valence-corrected chi connectivity index (χ3v) is 5.46. The van der Waals surface area contributed by atoms with Crippen molar-refractivity contribution in [3.05, 3.63) is 83.0 Å². The second-order valence-corrected chi connectivity index (χ2v) is 7.74. The minimum Gasteiger partial charge on any atom is -0.489 e. The molecule has 2 aromatic carbocycles. The highest BCUT2D eigenvalue weighted by molar-refractivity contribution is 5.89. The van der Waals surface area contributed by atoms with Crippen molar-refractivity contribution in [2.75, 3.05) is 30.5 Å². The normalized spacial score (nSPS) is 13.7. The molecular formula is C25H27N3O3. The molecule has 1 atom stereocenters. The average molecular weight is 418 g/mol.